The van der Waals surface area contributed by atoms with E-state index in [1.54, 1.807) is 30.3 Å². The lowest BCUT2D eigenvalue weighted by Crippen LogP contribution is -2.29. The number of likely N-dealkylation sites (tertiary alicyclic amines) is 1. The van der Waals surface area contributed by atoms with Crippen molar-refractivity contribution in [1.29, 1.82) is 0 Å². The fraction of sp³-hybridized carbons (Fsp3) is 0.259. The highest BCUT2D eigenvalue weighted by molar-refractivity contribution is 6.46. The van der Waals surface area contributed by atoms with Crippen LogP contribution in [0.3, 0.4) is 0 Å². The fourth-order valence-corrected chi connectivity index (χ4v) is 4.14. The first-order chi connectivity index (χ1) is 15.8. The third-order valence-corrected chi connectivity index (χ3v) is 5.62. The van der Waals surface area contributed by atoms with Crippen LogP contribution in [0.4, 0.5) is 0 Å². The van der Waals surface area contributed by atoms with E-state index < -0.39 is 17.7 Å². The third kappa shape index (κ3) is 4.42. The number of rotatable bonds is 6. The number of amides is 1. The van der Waals surface area contributed by atoms with Gasteiger partial charge in [0.2, 0.25) is 0 Å². The molecule has 0 bridgehead atoms. The summed E-state index contributed by atoms with van der Waals surface area (Å²) >= 11 is 0. The van der Waals surface area contributed by atoms with Crippen molar-refractivity contribution in [2.24, 2.45) is 0 Å². The quantitative estimate of drug-likeness (QED) is 0.316. The van der Waals surface area contributed by atoms with Gasteiger partial charge in [-0.1, -0.05) is 29.8 Å². The third-order valence-electron chi connectivity index (χ3n) is 5.62. The second-order valence-electron chi connectivity index (χ2n) is 8.57. The van der Waals surface area contributed by atoms with Gasteiger partial charge in [-0.05, 0) is 69.2 Å². The summed E-state index contributed by atoms with van der Waals surface area (Å²) in [5.41, 5.74) is 3.08. The maximum Gasteiger partial charge on any atom is 0.296 e. The van der Waals surface area contributed by atoms with Crippen molar-refractivity contribution >= 4 is 17.4 Å². The number of aliphatic hydroxyl groups excluding tert-OH is 1. The summed E-state index contributed by atoms with van der Waals surface area (Å²) in [5.74, 6) is -0.335. The van der Waals surface area contributed by atoms with Gasteiger partial charge in [0, 0.05) is 5.56 Å². The van der Waals surface area contributed by atoms with E-state index in [-0.39, 0.29) is 24.0 Å². The van der Waals surface area contributed by atoms with Crippen molar-refractivity contribution in [2.45, 2.75) is 46.4 Å². The number of aliphatic hydroxyl groups is 1. The molecule has 1 atom stereocenters. The molecule has 1 unspecified atom stereocenters. The molecule has 2 heterocycles. The Morgan fingerprint density at radius 3 is 2.52 bits per heavy atom. The zero-order valence-electron chi connectivity index (χ0n) is 19.2. The van der Waals surface area contributed by atoms with Crippen LogP contribution in [0.1, 0.15) is 47.9 Å². The summed E-state index contributed by atoms with van der Waals surface area (Å²) in [6, 6.07) is 15.6. The lowest BCUT2D eigenvalue weighted by molar-refractivity contribution is -0.140. The first kappa shape index (κ1) is 22.4. The van der Waals surface area contributed by atoms with Gasteiger partial charge in [0.15, 0.2) is 0 Å². The Morgan fingerprint density at radius 2 is 1.88 bits per heavy atom. The summed E-state index contributed by atoms with van der Waals surface area (Å²) < 4.78 is 11.2. The van der Waals surface area contributed by atoms with Crippen LogP contribution < -0.4 is 4.74 Å². The van der Waals surface area contributed by atoms with Gasteiger partial charge >= 0.3 is 0 Å². The molecular weight excluding hydrogens is 418 g/mol. The number of benzene rings is 2. The maximum atomic E-state index is 13.2. The molecule has 1 aliphatic rings. The Hall–Kier alpha value is -3.80. The number of Topliss-reactive ketones (excluding diaryl/α,β-unsaturated/α-hetero) is 1. The predicted octanol–water partition coefficient (Wildman–Crippen LogP) is 5.31. The molecule has 1 N–H and O–H groups in total. The second-order valence-corrected chi connectivity index (χ2v) is 8.57. The van der Waals surface area contributed by atoms with E-state index in [9.17, 15) is 14.7 Å². The van der Waals surface area contributed by atoms with E-state index in [1.807, 2.05) is 52.0 Å². The molecule has 1 aromatic heterocycles. The molecule has 0 saturated carbocycles. The molecule has 1 saturated heterocycles. The van der Waals surface area contributed by atoms with Gasteiger partial charge in [-0.3, -0.25) is 9.59 Å². The number of carbonyl (C=O) groups is 2. The van der Waals surface area contributed by atoms with Crippen LogP contribution in [0.25, 0.3) is 5.76 Å². The molecule has 170 valence electrons. The first-order valence-electron chi connectivity index (χ1n) is 10.9. The minimum Gasteiger partial charge on any atom is -0.507 e. The van der Waals surface area contributed by atoms with Crippen LogP contribution >= 0.6 is 0 Å². The van der Waals surface area contributed by atoms with Crippen LogP contribution in [0.5, 0.6) is 5.75 Å². The van der Waals surface area contributed by atoms with Crippen molar-refractivity contribution < 1.29 is 23.8 Å². The van der Waals surface area contributed by atoms with E-state index in [0.717, 1.165) is 16.7 Å². The minimum atomic E-state index is -0.734. The summed E-state index contributed by atoms with van der Waals surface area (Å²) in [4.78, 5) is 27.7. The number of ether oxygens (including phenoxy) is 1. The number of ketones is 1. The zero-order valence-corrected chi connectivity index (χ0v) is 19.2. The van der Waals surface area contributed by atoms with Crippen LogP contribution in [-0.2, 0) is 16.1 Å². The van der Waals surface area contributed by atoms with Crippen LogP contribution in [0.2, 0.25) is 0 Å². The number of furan rings is 1. The highest BCUT2D eigenvalue weighted by atomic mass is 16.5. The summed E-state index contributed by atoms with van der Waals surface area (Å²) in [6.45, 7) is 7.82. The number of hydrogen-bond acceptors (Lipinski definition) is 5. The number of nitrogens with zero attached hydrogens (tertiary/aromatic N) is 1. The van der Waals surface area contributed by atoms with Gasteiger partial charge in [-0.15, -0.1) is 0 Å². The summed E-state index contributed by atoms with van der Waals surface area (Å²) in [5, 5.41) is 11.3. The highest BCUT2D eigenvalue weighted by Gasteiger charge is 2.46. The zero-order chi connectivity index (χ0) is 23.7. The van der Waals surface area contributed by atoms with E-state index in [1.165, 1.54) is 11.2 Å². The Kier molecular flexibility index (Phi) is 6.09. The molecule has 0 spiro atoms. The normalized spacial score (nSPS) is 17.7. The monoisotopic (exact) mass is 445 g/mol. The highest BCUT2D eigenvalue weighted by Crippen LogP contribution is 2.41. The first-order valence-corrected chi connectivity index (χ1v) is 10.9. The standard InChI is InChI=1S/C27H27NO5/c1-16(2)33-22-11-10-20(14-18(22)4)25(29)23-24(19-8-5-7-17(3)13-19)28(27(31)26(23)30)15-21-9-6-12-32-21/h5-14,16,24,29H,15H2,1-4H3/b25-23-. The van der Waals surface area contributed by atoms with Crippen LogP contribution in [0, 0.1) is 13.8 Å². The lowest BCUT2D eigenvalue weighted by atomic mass is 9.94. The van der Waals surface area contributed by atoms with Crippen molar-refractivity contribution in [3.05, 3.63) is 94.4 Å². The van der Waals surface area contributed by atoms with Crippen molar-refractivity contribution in [3.8, 4) is 5.75 Å². The lowest BCUT2D eigenvalue weighted by Gasteiger charge is -2.25. The Labute approximate surface area is 193 Å². The van der Waals surface area contributed by atoms with Gasteiger partial charge in [0.1, 0.15) is 17.3 Å². The maximum absolute atomic E-state index is 13.2. The van der Waals surface area contributed by atoms with Gasteiger partial charge < -0.3 is 19.2 Å². The van der Waals surface area contributed by atoms with E-state index in [0.29, 0.717) is 17.1 Å². The van der Waals surface area contributed by atoms with E-state index in [2.05, 4.69) is 0 Å². The molecule has 6 nitrogen and oxygen atoms in total. The Morgan fingerprint density at radius 1 is 1.09 bits per heavy atom. The smallest absolute Gasteiger partial charge is 0.296 e. The molecule has 0 aliphatic carbocycles. The molecule has 1 fully saturated rings. The van der Waals surface area contributed by atoms with Crippen molar-refractivity contribution in [2.75, 3.05) is 0 Å². The average Bonchev–Trinajstić information content (AvgIpc) is 3.37. The van der Waals surface area contributed by atoms with Gasteiger partial charge in [-0.2, -0.15) is 0 Å². The fourth-order valence-electron chi connectivity index (χ4n) is 4.14. The van der Waals surface area contributed by atoms with Crippen molar-refractivity contribution in [1.82, 2.24) is 4.90 Å². The predicted molar refractivity (Wildman–Crippen MR) is 125 cm³/mol. The molecule has 1 aliphatic heterocycles. The van der Waals surface area contributed by atoms with E-state index >= 15 is 0 Å². The number of hydrogen-bond donors (Lipinski definition) is 1. The van der Waals surface area contributed by atoms with Crippen molar-refractivity contribution in [3.63, 3.8) is 0 Å². The van der Waals surface area contributed by atoms with Crippen LogP contribution in [0.15, 0.2) is 70.9 Å². The Balaban J connectivity index is 1.83. The SMILES string of the molecule is Cc1cccc(C2/C(=C(/O)c3ccc(OC(C)C)c(C)c3)C(=O)C(=O)N2Cc2ccco2)c1. The van der Waals surface area contributed by atoms with E-state index in [4.69, 9.17) is 9.15 Å². The average molecular weight is 446 g/mol. The van der Waals surface area contributed by atoms with Gasteiger partial charge in [0.25, 0.3) is 11.7 Å². The molecule has 1 amide bonds. The summed E-state index contributed by atoms with van der Waals surface area (Å²) in [6.07, 6.45) is 1.54. The number of aryl methyl sites for hydroxylation is 2. The molecule has 2 aromatic carbocycles. The molecule has 6 heteroatoms. The van der Waals surface area contributed by atoms with Crippen LogP contribution in [-0.4, -0.2) is 27.8 Å². The Bertz CT molecular complexity index is 1220. The summed E-state index contributed by atoms with van der Waals surface area (Å²) in [7, 11) is 0. The minimum absolute atomic E-state index is 0.0105. The van der Waals surface area contributed by atoms with Gasteiger partial charge in [-0.25, -0.2) is 0 Å². The number of carbonyl (C=O) groups excluding carboxylic acids is 2. The molecule has 4 rings (SSSR count). The molecule has 0 radical (unpaired) electrons. The second kappa shape index (κ2) is 8.98. The molecule has 3 aromatic rings. The van der Waals surface area contributed by atoms with Gasteiger partial charge in [0.05, 0.1) is 30.5 Å². The topological polar surface area (TPSA) is 80.0 Å². The largest absolute Gasteiger partial charge is 0.507 e. The molecule has 33 heavy (non-hydrogen) atoms. The molecular formula is C27H27NO5.